The zero-order chi connectivity index (χ0) is 14.5. The minimum Gasteiger partial charge on any atom is -0.507 e. The molecule has 0 saturated heterocycles. The Bertz CT molecular complexity index is 463. The van der Waals surface area contributed by atoms with Gasteiger partial charge in [-0.15, -0.1) is 0 Å². The largest absolute Gasteiger partial charge is 0.507 e. The number of carboxylic acid groups (broad SMARTS) is 1. The molecule has 0 unspecified atom stereocenters. The van der Waals surface area contributed by atoms with Gasteiger partial charge >= 0.3 is 12.1 Å². The molecule has 0 amide bonds. The van der Waals surface area contributed by atoms with Crippen molar-refractivity contribution in [3.05, 3.63) is 28.2 Å². The Labute approximate surface area is 108 Å². The molecule has 0 fully saturated rings. The van der Waals surface area contributed by atoms with E-state index in [-0.39, 0.29) is 11.6 Å². The zero-order valence-corrected chi connectivity index (χ0v) is 10.2. The number of nitrogens with one attached hydrogen (secondary N) is 1. The lowest BCUT2D eigenvalue weighted by Gasteiger charge is -1.99. The van der Waals surface area contributed by atoms with E-state index in [1.165, 1.54) is 6.07 Å². The average molecular weight is 329 g/mol. The maximum absolute atomic E-state index is 10.6. The number of hydrogen-bond acceptors (Lipinski definition) is 3. The van der Waals surface area contributed by atoms with E-state index in [2.05, 4.69) is 15.9 Å². The Hall–Kier alpha value is -1.77. The topological polar surface area (TPSA) is 107 Å². The summed E-state index contributed by atoms with van der Waals surface area (Å²) in [6, 6.07) is 4.67. The molecule has 18 heavy (non-hydrogen) atoms. The normalized spacial score (nSPS) is 10.2. The van der Waals surface area contributed by atoms with Crippen LogP contribution in [0.3, 0.4) is 0 Å². The van der Waals surface area contributed by atoms with Gasteiger partial charge in [-0.1, -0.05) is 0 Å². The van der Waals surface area contributed by atoms with Crippen molar-refractivity contribution < 1.29 is 28.2 Å². The van der Waals surface area contributed by atoms with Crippen molar-refractivity contribution in [2.75, 3.05) is 0 Å². The maximum Gasteiger partial charge on any atom is 0.490 e. The number of benzene rings is 1. The number of phenols is 1. The number of phenolic OH excluding ortho intramolecular Hbond substituents is 1. The third-order valence-electron chi connectivity index (χ3n) is 1.50. The van der Waals surface area contributed by atoms with Gasteiger partial charge in [0.05, 0.1) is 4.47 Å². The summed E-state index contributed by atoms with van der Waals surface area (Å²) in [5.74, 6) is -2.62. The molecule has 0 aliphatic rings. The lowest BCUT2D eigenvalue weighted by atomic mass is 10.2. The van der Waals surface area contributed by atoms with Gasteiger partial charge in [-0.25, -0.2) is 4.79 Å². The van der Waals surface area contributed by atoms with Crippen LogP contribution in [0, 0.1) is 5.41 Å². The highest BCUT2D eigenvalue weighted by molar-refractivity contribution is 9.10. The van der Waals surface area contributed by atoms with Crippen LogP contribution < -0.4 is 5.73 Å². The van der Waals surface area contributed by atoms with Crippen LogP contribution in [0.15, 0.2) is 22.7 Å². The van der Waals surface area contributed by atoms with Gasteiger partial charge in [0.2, 0.25) is 0 Å². The van der Waals surface area contributed by atoms with E-state index in [1.54, 1.807) is 12.1 Å². The number of aliphatic carboxylic acids is 1. The number of carbonyl (C=O) groups is 1. The zero-order valence-electron chi connectivity index (χ0n) is 8.62. The molecule has 0 heterocycles. The van der Waals surface area contributed by atoms with E-state index in [4.69, 9.17) is 26.2 Å². The first kappa shape index (κ1) is 16.2. The Morgan fingerprint density at radius 2 is 1.83 bits per heavy atom. The minimum atomic E-state index is -5.08. The molecule has 0 aliphatic carbocycles. The van der Waals surface area contributed by atoms with Crippen molar-refractivity contribution in [3.8, 4) is 5.75 Å². The van der Waals surface area contributed by atoms with E-state index in [9.17, 15) is 13.2 Å². The fourth-order valence-corrected chi connectivity index (χ4v) is 1.05. The van der Waals surface area contributed by atoms with Gasteiger partial charge in [-0.2, -0.15) is 13.2 Å². The summed E-state index contributed by atoms with van der Waals surface area (Å²) < 4.78 is 32.3. The number of alkyl halides is 3. The highest BCUT2D eigenvalue weighted by atomic mass is 79.9. The van der Waals surface area contributed by atoms with Gasteiger partial charge in [-0.05, 0) is 34.1 Å². The number of carboxylic acids is 1. The summed E-state index contributed by atoms with van der Waals surface area (Å²) in [4.78, 5) is 8.90. The molecular formula is C9H8BrF3N2O3. The molecule has 9 heteroatoms. The Morgan fingerprint density at radius 1 is 1.39 bits per heavy atom. The van der Waals surface area contributed by atoms with Gasteiger partial charge in [0.1, 0.15) is 11.6 Å². The highest BCUT2D eigenvalue weighted by Crippen LogP contribution is 2.23. The lowest BCUT2D eigenvalue weighted by Crippen LogP contribution is -2.21. The summed E-state index contributed by atoms with van der Waals surface area (Å²) in [6.45, 7) is 0. The first-order valence-electron chi connectivity index (χ1n) is 4.18. The molecule has 1 aromatic rings. The standard InChI is InChI=1S/C7H7BrN2O.C2HF3O2/c8-5-3-4(7(9)10)1-2-6(5)11;3-2(4,5)1(6)7/h1-3,11H,(H3,9,10);(H,6,7). The summed E-state index contributed by atoms with van der Waals surface area (Å²) >= 11 is 3.11. The monoisotopic (exact) mass is 328 g/mol. The summed E-state index contributed by atoms with van der Waals surface area (Å²) in [6.07, 6.45) is -5.08. The number of amidine groups is 1. The Morgan fingerprint density at radius 3 is 2.11 bits per heavy atom. The van der Waals surface area contributed by atoms with Gasteiger partial charge in [0.25, 0.3) is 0 Å². The summed E-state index contributed by atoms with van der Waals surface area (Å²) in [5.41, 5.74) is 5.81. The molecule has 0 saturated carbocycles. The van der Waals surface area contributed by atoms with Gasteiger partial charge in [0, 0.05) is 5.56 Å². The Balaban J connectivity index is 0.000000360. The SMILES string of the molecule is N=C(N)c1ccc(O)c(Br)c1.O=C(O)C(F)(F)F. The first-order chi connectivity index (χ1) is 8.05. The van der Waals surface area contributed by atoms with Crippen molar-refractivity contribution in [3.63, 3.8) is 0 Å². The molecule has 0 atom stereocenters. The first-order valence-corrected chi connectivity index (χ1v) is 4.98. The lowest BCUT2D eigenvalue weighted by molar-refractivity contribution is -0.192. The molecule has 0 bridgehead atoms. The second kappa shape index (κ2) is 6.24. The second-order valence-corrected chi connectivity index (χ2v) is 3.74. The van der Waals surface area contributed by atoms with E-state index in [0.717, 1.165) is 0 Å². The van der Waals surface area contributed by atoms with E-state index < -0.39 is 12.1 Å². The van der Waals surface area contributed by atoms with Crippen molar-refractivity contribution >= 4 is 27.7 Å². The molecule has 5 N–H and O–H groups in total. The van der Waals surface area contributed by atoms with Crippen LogP contribution in [-0.2, 0) is 4.79 Å². The van der Waals surface area contributed by atoms with Crippen LogP contribution in [0.25, 0.3) is 0 Å². The second-order valence-electron chi connectivity index (χ2n) is 2.88. The van der Waals surface area contributed by atoms with Crippen molar-refractivity contribution in [1.82, 2.24) is 0 Å². The van der Waals surface area contributed by atoms with Crippen LogP contribution in [0.4, 0.5) is 13.2 Å². The summed E-state index contributed by atoms with van der Waals surface area (Å²) in [7, 11) is 0. The molecule has 0 aliphatic heterocycles. The van der Waals surface area contributed by atoms with Gasteiger partial charge in [0.15, 0.2) is 0 Å². The molecule has 0 aromatic heterocycles. The number of hydrogen-bond donors (Lipinski definition) is 4. The molecule has 0 radical (unpaired) electrons. The average Bonchev–Trinajstić information content (AvgIpc) is 2.21. The predicted molar refractivity (Wildman–Crippen MR) is 60.5 cm³/mol. The molecule has 1 rings (SSSR count). The molecule has 5 nitrogen and oxygen atoms in total. The van der Waals surface area contributed by atoms with Gasteiger partial charge < -0.3 is 15.9 Å². The van der Waals surface area contributed by atoms with Crippen LogP contribution in [-0.4, -0.2) is 28.2 Å². The number of halogens is 4. The number of nitrogens with two attached hydrogens (primary N) is 1. The van der Waals surface area contributed by atoms with Crippen LogP contribution in [0.2, 0.25) is 0 Å². The predicted octanol–water partition coefficient (Wildman–Crippen LogP) is 2.07. The third kappa shape index (κ3) is 5.53. The molecular weight excluding hydrogens is 321 g/mol. The van der Waals surface area contributed by atoms with Crippen LogP contribution in [0.1, 0.15) is 5.56 Å². The Kier molecular flexibility index (Phi) is 5.63. The highest BCUT2D eigenvalue weighted by Gasteiger charge is 2.38. The summed E-state index contributed by atoms with van der Waals surface area (Å²) in [5, 5.41) is 23.3. The number of rotatable bonds is 1. The van der Waals surface area contributed by atoms with Crippen molar-refractivity contribution in [2.45, 2.75) is 6.18 Å². The molecule has 0 spiro atoms. The fraction of sp³-hybridized carbons (Fsp3) is 0.111. The van der Waals surface area contributed by atoms with Crippen LogP contribution >= 0.6 is 15.9 Å². The third-order valence-corrected chi connectivity index (χ3v) is 2.14. The number of nitrogen functional groups attached to an aromatic ring is 1. The van der Waals surface area contributed by atoms with E-state index >= 15 is 0 Å². The van der Waals surface area contributed by atoms with E-state index in [0.29, 0.717) is 10.0 Å². The fourth-order valence-electron chi connectivity index (χ4n) is 0.674. The van der Waals surface area contributed by atoms with Crippen LogP contribution in [0.5, 0.6) is 5.75 Å². The van der Waals surface area contributed by atoms with Gasteiger partial charge in [-0.3, -0.25) is 5.41 Å². The smallest absolute Gasteiger partial charge is 0.490 e. The van der Waals surface area contributed by atoms with E-state index in [1.807, 2.05) is 0 Å². The molecule has 1 aromatic carbocycles. The van der Waals surface area contributed by atoms with Crippen molar-refractivity contribution in [2.24, 2.45) is 5.73 Å². The maximum atomic E-state index is 10.6. The molecule has 100 valence electrons. The number of aromatic hydroxyl groups is 1. The quantitative estimate of drug-likeness (QED) is 0.467. The minimum absolute atomic E-state index is 0.00861. The van der Waals surface area contributed by atoms with Crippen molar-refractivity contribution in [1.29, 1.82) is 5.41 Å².